The Morgan fingerprint density at radius 2 is 1.67 bits per heavy atom. The zero-order chi connectivity index (χ0) is 17.5. The van der Waals surface area contributed by atoms with Crippen LogP contribution in [0.5, 0.6) is 0 Å². The highest BCUT2D eigenvalue weighted by atomic mass is 32.1. The molecule has 2 N–H and O–H groups in total. The fourth-order valence-electron chi connectivity index (χ4n) is 2.41. The number of carbonyl (C=O) groups excluding carboxylic acids is 1. The molecule has 0 aliphatic carbocycles. The number of nitrogens with zero attached hydrogens (tertiary/aromatic N) is 1. The van der Waals surface area contributed by atoms with Crippen LogP contribution in [-0.2, 0) is 22.6 Å². The fourth-order valence-corrected chi connectivity index (χ4v) is 3.06. The second-order valence-electron chi connectivity index (χ2n) is 5.24. The van der Waals surface area contributed by atoms with E-state index in [0.717, 1.165) is 24.4 Å². The summed E-state index contributed by atoms with van der Waals surface area (Å²) in [4.78, 5) is 33.4. The maximum absolute atomic E-state index is 12.1. The average Bonchev–Trinajstić information content (AvgIpc) is 3.10. The molecule has 7 heteroatoms. The Hall–Kier alpha value is -2.51. The molecule has 0 bridgehead atoms. The fraction of sp³-hybridized carbons (Fsp3) is 0.235. The Balaban J connectivity index is 0.000000301. The van der Waals surface area contributed by atoms with Crippen molar-refractivity contribution in [2.75, 3.05) is 13.1 Å². The van der Waals surface area contributed by atoms with Gasteiger partial charge in [-0.15, -0.1) is 11.3 Å². The summed E-state index contributed by atoms with van der Waals surface area (Å²) in [6, 6.07) is 12.4. The first kappa shape index (κ1) is 17.8. The number of fused-ring (bicyclic) bond motifs is 1. The number of ketones is 1. The molecule has 1 aliphatic heterocycles. The van der Waals surface area contributed by atoms with E-state index in [2.05, 4.69) is 29.2 Å². The number of carboxylic acid groups (broad SMARTS) is 2. The van der Waals surface area contributed by atoms with Crippen LogP contribution in [0.3, 0.4) is 0 Å². The summed E-state index contributed by atoms with van der Waals surface area (Å²) in [6.07, 6.45) is 1.05. The van der Waals surface area contributed by atoms with Gasteiger partial charge in [0.1, 0.15) is 0 Å². The predicted octanol–water partition coefficient (Wildman–Crippen LogP) is 2.14. The van der Waals surface area contributed by atoms with Crippen LogP contribution in [0.4, 0.5) is 0 Å². The van der Waals surface area contributed by atoms with Gasteiger partial charge in [-0.1, -0.05) is 30.3 Å². The minimum Gasteiger partial charge on any atom is -0.473 e. The van der Waals surface area contributed by atoms with Crippen molar-refractivity contribution in [1.82, 2.24) is 4.90 Å². The first-order valence-corrected chi connectivity index (χ1v) is 8.17. The Kier molecular flexibility index (Phi) is 6.22. The van der Waals surface area contributed by atoms with Crippen molar-refractivity contribution in [2.45, 2.75) is 13.0 Å². The van der Waals surface area contributed by atoms with Crippen molar-refractivity contribution in [2.24, 2.45) is 0 Å². The molecule has 0 radical (unpaired) electrons. The van der Waals surface area contributed by atoms with Crippen molar-refractivity contribution in [3.63, 3.8) is 0 Å². The lowest BCUT2D eigenvalue weighted by molar-refractivity contribution is -0.159. The molecule has 0 saturated heterocycles. The lowest BCUT2D eigenvalue weighted by atomic mass is 10.00. The molecule has 0 fully saturated rings. The van der Waals surface area contributed by atoms with Gasteiger partial charge in [-0.25, -0.2) is 9.59 Å². The summed E-state index contributed by atoms with van der Waals surface area (Å²) in [5.74, 6) is -3.41. The van der Waals surface area contributed by atoms with E-state index in [1.165, 1.54) is 22.5 Å². The van der Waals surface area contributed by atoms with Gasteiger partial charge in [-0.3, -0.25) is 9.69 Å². The van der Waals surface area contributed by atoms with E-state index in [0.29, 0.717) is 6.54 Å². The molecule has 0 unspecified atom stereocenters. The van der Waals surface area contributed by atoms with Gasteiger partial charge in [-0.2, -0.15) is 0 Å². The van der Waals surface area contributed by atoms with Gasteiger partial charge in [0, 0.05) is 13.1 Å². The Labute approximate surface area is 143 Å². The lowest BCUT2D eigenvalue weighted by Gasteiger charge is -2.27. The number of carboxylic acids is 2. The van der Waals surface area contributed by atoms with Crippen molar-refractivity contribution < 1.29 is 24.6 Å². The number of hydrogen-bond donors (Lipinski definition) is 2. The number of rotatable bonds is 3. The molecule has 2 heterocycles. The third-order valence-corrected chi connectivity index (χ3v) is 4.47. The largest absolute Gasteiger partial charge is 0.473 e. The van der Waals surface area contributed by atoms with Gasteiger partial charge >= 0.3 is 11.9 Å². The highest BCUT2D eigenvalue weighted by molar-refractivity contribution is 7.12. The standard InChI is InChI=1S/C15H15NOS.C2H2O4/c17-14(15-6-3-9-18-15)11-16-8-7-12-4-1-2-5-13(12)10-16;3-1(4)2(5)6/h1-6,9H,7-8,10-11H2;(H,3,4)(H,5,6). The minimum atomic E-state index is -1.82. The highest BCUT2D eigenvalue weighted by Gasteiger charge is 2.18. The molecular weight excluding hydrogens is 330 g/mol. The van der Waals surface area contributed by atoms with Crippen molar-refractivity contribution in [3.8, 4) is 0 Å². The Morgan fingerprint density at radius 1 is 1.00 bits per heavy atom. The third kappa shape index (κ3) is 5.00. The van der Waals surface area contributed by atoms with Crippen LogP contribution in [0.15, 0.2) is 41.8 Å². The monoisotopic (exact) mass is 347 g/mol. The van der Waals surface area contributed by atoms with Crippen LogP contribution in [0.2, 0.25) is 0 Å². The minimum absolute atomic E-state index is 0.240. The normalized spacial score (nSPS) is 13.3. The number of thiophene rings is 1. The summed E-state index contributed by atoms with van der Waals surface area (Å²) in [6.45, 7) is 2.41. The Morgan fingerprint density at radius 3 is 2.25 bits per heavy atom. The van der Waals surface area contributed by atoms with Gasteiger partial charge in [-0.05, 0) is 29.0 Å². The number of aliphatic carboxylic acids is 2. The van der Waals surface area contributed by atoms with E-state index in [-0.39, 0.29) is 5.78 Å². The molecule has 2 aromatic rings. The molecule has 0 spiro atoms. The smallest absolute Gasteiger partial charge is 0.414 e. The molecule has 6 nitrogen and oxygen atoms in total. The van der Waals surface area contributed by atoms with E-state index < -0.39 is 11.9 Å². The summed E-state index contributed by atoms with van der Waals surface area (Å²) in [7, 11) is 0. The number of carbonyl (C=O) groups is 3. The average molecular weight is 347 g/mol. The topological polar surface area (TPSA) is 94.9 Å². The molecule has 24 heavy (non-hydrogen) atoms. The molecule has 126 valence electrons. The van der Waals surface area contributed by atoms with Crippen molar-refractivity contribution in [3.05, 3.63) is 57.8 Å². The van der Waals surface area contributed by atoms with E-state index in [4.69, 9.17) is 19.8 Å². The molecular formula is C17H17NO5S. The van der Waals surface area contributed by atoms with Gasteiger partial charge in [0.15, 0.2) is 5.78 Å². The maximum Gasteiger partial charge on any atom is 0.414 e. The quantitative estimate of drug-likeness (QED) is 0.652. The van der Waals surface area contributed by atoms with Crippen LogP contribution in [0, 0.1) is 0 Å². The van der Waals surface area contributed by atoms with Crippen LogP contribution >= 0.6 is 11.3 Å². The third-order valence-electron chi connectivity index (χ3n) is 3.56. The van der Waals surface area contributed by atoms with Crippen LogP contribution in [0.25, 0.3) is 0 Å². The van der Waals surface area contributed by atoms with Gasteiger partial charge in [0.05, 0.1) is 11.4 Å². The highest BCUT2D eigenvalue weighted by Crippen LogP contribution is 2.19. The summed E-state index contributed by atoms with van der Waals surface area (Å²) in [5, 5.41) is 16.7. The molecule has 0 amide bonds. The van der Waals surface area contributed by atoms with Crippen molar-refractivity contribution >= 4 is 29.1 Å². The first-order chi connectivity index (χ1) is 11.5. The second-order valence-corrected chi connectivity index (χ2v) is 6.19. The zero-order valence-electron chi connectivity index (χ0n) is 12.8. The molecule has 3 rings (SSSR count). The summed E-state index contributed by atoms with van der Waals surface area (Å²) in [5.41, 5.74) is 2.79. The molecule has 1 aliphatic rings. The Bertz CT molecular complexity index is 714. The zero-order valence-corrected chi connectivity index (χ0v) is 13.7. The SMILES string of the molecule is O=C(CN1CCc2ccccc2C1)c1cccs1.O=C(O)C(=O)O. The second kappa shape index (κ2) is 8.37. The van der Waals surface area contributed by atoms with E-state index in [9.17, 15) is 4.79 Å². The number of benzene rings is 1. The lowest BCUT2D eigenvalue weighted by Crippen LogP contribution is -2.34. The predicted molar refractivity (Wildman–Crippen MR) is 89.3 cm³/mol. The van der Waals surface area contributed by atoms with Crippen LogP contribution in [-0.4, -0.2) is 45.9 Å². The van der Waals surface area contributed by atoms with Gasteiger partial charge in [0.25, 0.3) is 0 Å². The molecule has 0 atom stereocenters. The molecule has 1 aromatic carbocycles. The maximum atomic E-state index is 12.1. The van der Waals surface area contributed by atoms with Crippen LogP contribution in [0.1, 0.15) is 20.8 Å². The van der Waals surface area contributed by atoms with E-state index in [1.54, 1.807) is 0 Å². The van der Waals surface area contributed by atoms with E-state index in [1.807, 2.05) is 17.5 Å². The van der Waals surface area contributed by atoms with Gasteiger partial charge < -0.3 is 10.2 Å². The number of hydrogen-bond acceptors (Lipinski definition) is 5. The van der Waals surface area contributed by atoms with Gasteiger partial charge in [0.2, 0.25) is 0 Å². The first-order valence-electron chi connectivity index (χ1n) is 7.29. The summed E-state index contributed by atoms with van der Waals surface area (Å²) >= 11 is 1.53. The summed E-state index contributed by atoms with van der Waals surface area (Å²) < 4.78 is 0. The molecule has 1 aromatic heterocycles. The van der Waals surface area contributed by atoms with Crippen LogP contribution < -0.4 is 0 Å². The number of Topliss-reactive ketones (excluding diaryl/α,β-unsaturated/α-hetero) is 1. The molecule has 0 saturated carbocycles. The van der Waals surface area contributed by atoms with Crippen molar-refractivity contribution in [1.29, 1.82) is 0 Å². The van der Waals surface area contributed by atoms with E-state index >= 15 is 0 Å².